The Labute approximate surface area is 179 Å². The van der Waals surface area contributed by atoms with Gasteiger partial charge in [0, 0.05) is 44.1 Å². The van der Waals surface area contributed by atoms with Crippen molar-refractivity contribution < 1.29 is 4.79 Å². The van der Waals surface area contributed by atoms with Crippen LogP contribution in [0, 0.1) is 6.92 Å². The molecular formula is C24H28ClN3O. The second-order valence-corrected chi connectivity index (χ2v) is 7.47. The molecule has 29 heavy (non-hydrogen) atoms. The minimum absolute atomic E-state index is 0. The average Bonchev–Trinajstić information content (AvgIpc) is 3.10. The van der Waals surface area contributed by atoms with E-state index in [2.05, 4.69) is 63.3 Å². The number of aromatic nitrogens is 1. The highest BCUT2D eigenvalue weighted by molar-refractivity contribution is 5.95. The predicted molar refractivity (Wildman–Crippen MR) is 120 cm³/mol. The van der Waals surface area contributed by atoms with Crippen LogP contribution in [0.1, 0.15) is 27.2 Å². The maximum atomic E-state index is 13.4. The van der Waals surface area contributed by atoms with Crippen molar-refractivity contribution in [2.45, 2.75) is 25.9 Å². The molecule has 1 aliphatic heterocycles. The number of carbonyl (C=O) groups excluding carboxylic acids is 1. The topological polar surface area (TPSA) is 37.3 Å². The first kappa shape index (κ1) is 21.2. The second kappa shape index (κ2) is 9.77. The maximum absolute atomic E-state index is 13.4. The van der Waals surface area contributed by atoms with Gasteiger partial charge < -0.3 is 14.8 Å². The molecule has 0 bridgehead atoms. The number of hydrogen-bond acceptors (Lipinski definition) is 2. The van der Waals surface area contributed by atoms with Crippen LogP contribution in [0.3, 0.4) is 0 Å². The molecule has 4 nitrogen and oxygen atoms in total. The highest BCUT2D eigenvalue weighted by Crippen LogP contribution is 2.19. The third kappa shape index (κ3) is 4.89. The Morgan fingerprint density at radius 3 is 2.34 bits per heavy atom. The summed E-state index contributed by atoms with van der Waals surface area (Å²) in [5, 5.41) is 3.44. The zero-order chi connectivity index (χ0) is 19.3. The molecule has 1 N–H and O–H groups in total. The summed E-state index contributed by atoms with van der Waals surface area (Å²) in [4.78, 5) is 15.4. The number of halogens is 1. The molecule has 2 aromatic carbocycles. The third-order valence-electron chi connectivity index (χ3n) is 5.59. The monoisotopic (exact) mass is 409 g/mol. The van der Waals surface area contributed by atoms with E-state index in [9.17, 15) is 4.79 Å². The SMILES string of the molecule is Cc1c(C(=O)N2CCNCC2Cc2ccccc2)ccn1Cc1ccccc1.Cl. The molecule has 1 unspecified atom stereocenters. The minimum Gasteiger partial charge on any atom is -0.347 e. The lowest BCUT2D eigenvalue weighted by molar-refractivity contribution is 0.0635. The van der Waals surface area contributed by atoms with Crippen LogP contribution in [0.15, 0.2) is 72.9 Å². The van der Waals surface area contributed by atoms with Crippen LogP contribution in [-0.2, 0) is 13.0 Å². The third-order valence-corrected chi connectivity index (χ3v) is 5.59. The first-order chi connectivity index (χ1) is 13.7. The number of hydrogen-bond donors (Lipinski definition) is 1. The van der Waals surface area contributed by atoms with Crippen molar-refractivity contribution in [3.8, 4) is 0 Å². The Morgan fingerprint density at radius 1 is 1.00 bits per heavy atom. The van der Waals surface area contributed by atoms with E-state index < -0.39 is 0 Å². The summed E-state index contributed by atoms with van der Waals surface area (Å²) < 4.78 is 2.16. The zero-order valence-corrected chi connectivity index (χ0v) is 17.6. The molecule has 4 rings (SSSR count). The van der Waals surface area contributed by atoms with E-state index in [1.54, 1.807) is 0 Å². The Kier molecular flexibility index (Phi) is 7.13. The molecular weight excluding hydrogens is 382 g/mol. The van der Waals surface area contributed by atoms with Gasteiger partial charge in [0.05, 0.1) is 5.56 Å². The lowest BCUT2D eigenvalue weighted by Crippen LogP contribution is -2.54. The molecule has 1 aliphatic rings. The first-order valence-corrected chi connectivity index (χ1v) is 9.97. The van der Waals surface area contributed by atoms with E-state index in [0.717, 1.165) is 43.9 Å². The second-order valence-electron chi connectivity index (χ2n) is 7.47. The number of amides is 1. The van der Waals surface area contributed by atoms with Gasteiger partial charge in [0.25, 0.3) is 5.91 Å². The van der Waals surface area contributed by atoms with Crippen molar-refractivity contribution in [2.24, 2.45) is 0 Å². The smallest absolute Gasteiger partial charge is 0.256 e. The molecule has 0 radical (unpaired) electrons. The Balaban J connectivity index is 0.00000240. The van der Waals surface area contributed by atoms with E-state index in [1.807, 2.05) is 31.3 Å². The first-order valence-electron chi connectivity index (χ1n) is 9.97. The Bertz CT molecular complexity index is 924. The van der Waals surface area contributed by atoms with Gasteiger partial charge in [-0.15, -0.1) is 12.4 Å². The van der Waals surface area contributed by atoms with E-state index in [4.69, 9.17) is 0 Å². The van der Waals surface area contributed by atoms with Gasteiger partial charge in [0.1, 0.15) is 0 Å². The number of piperazine rings is 1. The van der Waals surface area contributed by atoms with Crippen molar-refractivity contribution in [1.82, 2.24) is 14.8 Å². The van der Waals surface area contributed by atoms with E-state index in [-0.39, 0.29) is 24.4 Å². The molecule has 1 amide bonds. The highest BCUT2D eigenvalue weighted by Gasteiger charge is 2.29. The minimum atomic E-state index is 0. The summed E-state index contributed by atoms with van der Waals surface area (Å²) in [6, 6.07) is 22.9. The van der Waals surface area contributed by atoms with Gasteiger partial charge >= 0.3 is 0 Å². The Hall–Kier alpha value is -2.56. The Morgan fingerprint density at radius 2 is 1.66 bits per heavy atom. The van der Waals surface area contributed by atoms with Gasteiger partial charge in [-0.2, -0.15) is 0 Å². The van der Waals surface area contributed by atoms with Crippen LogP contribution in [0.2, 0.25) is 0 Å². The van der Waals surface area contributed by atoms with Gasteiger partial charge in [0.15, 0.2) is 0 Å². The van der Waals surface area contributed by atoms with Gasteiger partial charge in [-0.3, -0.25) is 4.79 Å². The van der Waals surface area contributed by atoms with Gasteiger partial charge in [-0.25, -0.2) is 0 Å². The normalized spacial score (nSPS) is 16.3. The molecule has 1 aromatic heterocycles. The van der Waals surface area contributed by atoms with Crippen molar-refractivity contribution in [3.63, 3.8) is 0 Å². The highest BCUT2D eigenvalue weighted by atomic mass is 35.5. The lowest BCUT2D eigenvalue weighted by Gasteiger charge is -2.36. The van der Waals surface area contributed by atoms with Crippen LogP contribution in [0.25, 0.3) is 0 Å². The number of rotatable bonds is 5. The summed E-state index contributed by atoms with van der Waals surface area (Å²) in [7, 11) is 0. The molecule has 3 aromatic rings. The fraction of sp³-hybridized carbons (Fsp3) is 0.292. The van der Waals surface area contributed by atoms with E-state index in [0.29, 0.717) is 0 Å². The lowest BCUT2D eigenvalue weighted by atomic mass is 10.0. The molecule has 1 fully saturated rings. The number of carbonyl (C=O) groups is 1. The quantitative estimate of drug-likeness (QED) is 0.693. The van der Waals surface area contributed by atoms with Gasteiger partial charge in [0.2, 0.25) is 0 Å². The molecule has 1 saturated heterocycles. The van der Waals surface area contributed by atoms with Crippen LogP contribution < -0.4 is 5.32 Å². The van der Waals surface area contributed by atoms with Gasteiger partial charge in [-0.05, 0) is 30.5 Å². The molecule has 2 heterocycles. The summed E-state index contributed by atoms with van der Waals surface area (Å²) in [6.07, 6.45) is 2.91. The molecule has 0 saturated carbocycles. The standard InChI is InChI=1S/C24H27N3O.ClH/c1-19-23(12-14-26(19)18-21-10-6-3-7-11-21)24(28)27-15-13-25-17-22(27)16-20-8-4-2-5-9-20;/h2-12,14,22,25H,13,15-18H2,1H3;1H. The van der Waals surface area contributed by atoms with Gasteiger partial charge in [-0.1, -0.05) is 60.7 Å². The zero-order valence-electron chi connectivity index (χ0n) is 16.8. The maximum Gasteiger partial charge on any atom is 0.256 e. The fourth-order valence-electron chi connectivity index (χ4n) is 3.98. The molecule has 5 heteroatoms. The molecule has 1 atom stereocenters. The summed E-state index contributed by atoms with van der Waals surface area (Å²) >= 11 is 0. The van der Waals surface area contributed by atoms with Crippen molar-refractivity contribution in [2.75, 3.05) is 19.6 Å². The number of nitrogens with zero attached hydrogens (tertiary/aromatic N) is 2. The van der Waals surface area contributed by atoms with E-state index in [1.165, 1.54) is 11.1 Å². The molecule has 0 spiro atoms. The van der Waals surface area contributed by atoms with Crippen molar-refractivity contribution in [3.05, 3.63) is 95.3 Å². The van der Waals surface area contributed by atoms with Crippen LogP contribution in [-0.4, -0.2) is 41.1 Å². The van der Waals surface area contributed by atoms with E-state index >= 15 is 0 Å². The summed E-state index contributed by atoms with van der Waals surface area (Å²) in [5.74, 6) is 0.145. The number of nitrogens with one attached hydrogen (secondary N) is 1. The summed E-state index contributed by atoms with van der Waals surface area (Å²) in [6.45, 7) is 5.27. The van der Waals surface area contributed by atoms with Crippen LogP contribution >= 0.6 is 12.4 Å². The largest absolute Gasteiger partial charge is 0.347 e. The van der Waals surface area contributed by atoms with Crippen LogP contribution in [0.5, 0.6) is 0 Å². The average molecular weight is 410 g/mol. The molecule has 152 valence electrons. The number of benzene rings is 2. The molecule has 0 aliphatic carbocycles. The predicted octanol–water partition coefficient (Wildman–Crippen LogP) is 3.92. The van der Waals surface area contributed by atoms with Crippen LogP contribution in [0.4, 0.5) is 0 Å². The van der Waals surface area contributed by atoms with Crippen molar-refractivity contribution >= 4 is 18.3 Å². The fourth-order valence-corrected chi connectivity index (χ4v) is 3.98. The van der Waals surface area contributed by atoms with Crippen molar-refractivity contribution in [1.29, 1.82) is 0 Å². The summed E-state index contributed by atoms with van der Waals surface area (Å²) in [5.41, 5.74) is 4.36.